The summed E-state index contributed by atoms with van der Waals surface area (Å²) >= 11 is 6.30. The minimum Gasteiger partial charge on any atom is -0.391 e. The Morgan fingerprint density at radius 3 is 2.76 bits per heavy atom. The van der Waals surface area contributed by atoms with Crippen molar-refractivity contribution in [3.05, 3.63) is 46.0 Å². The van der Waals surface area contributed by atoms with Crippen molar-refractivity contribution >= 4 is 39.0 Å². The Hall–Kier alpha value is -1.85. The zero-order valence-corrected chi connectivity index (χ0v) is 21.2. The molecule has 3 aromatic rings. The van der Waals surface area contributed by atoms with E-state index in [0.29, 0.717) is 11.3 Å². The standard InChI is InChI=1S/C21H22BrN5O4S2/c1-11(28)17-18(29-2)16(27-10-14(25-26-27)20-24-6-7-32-20)19(30-3)21(31-17)33-15-8-13(22)5-4-12(15)9-23/h4-8,10-11,16-19,21,28H,1-3H3/t11?,16?,17?,18-,19?,21-/m1/s1. The van der Waals surface area contributed by atoms with E-state index in [0.717, 1.165) is 14.4 Å². The van der Waals surface area contributed by atoms with Crippen LogP contribution in [0.25, 0.3) is 10.7 Å². The lowest BCUT2D eigenvalue weighted by Gasteiger charge is -2.46. The predicted octanol–water partition coefficient (Wildman–Crippen LogP) is 3.50. The fourth-order valence-electron chi connectivity index (χ4n) is 3.84. The van der Waals surface area contributed by atoms with Gasteiger partial charge in [-0.2, -0.15) is 5.26 Å². The molecule has 4 rings (SSSR count). The highest BCUT2D eigenvalue weighted by Crippen LogP contribution is 2.42. The normalized spacial score (nSPS) is 26.1. The molecule has 1 aliphatic heterocycles. The molecule has 174 valence electrons. The first-order valence-electron chi connectivity index (χ1n) is 10.0. The van der Waals surface area contributed by atoms with Gasteiger partial charge in [0.2, 0.25) is 0 Å². The number of aromatic nitrogens is 4. The van der Waals surface area contributed by atoms with Crippen LogP contribution < -0.4 is 0 Å². The molecule has 12 heteroatoms. The van der Waals surface area contributed by atoms with Gasteiger partial charge in [0, 0.05) is 35.2 Å². The Bertz CT molecular complexity index is 1120. The van der Waals surface area contributed by atoms with E-state index < -0.39 is 35.9 Å². The molecule has 1 aromatic carbocycles. The van der Waals surface area contributed by atoms with Crippen molar-refractivity contribution in [3.8, 4) is 16.8 Å². The van der Waals surface area contributed by atoms with Crippen molar-refractivity contribution in [3.63, 3.8) is 0 Å². The highest BCUT2D eigenvalue weighted by Gasteiger charge is 2.50. The number of nitriles is 1. The molecule has 0 spiro atoms. The lowest BCUT2D eigenvalue weighted by Crippen LogP contribution is -2.58. The number of hydrogen-bond donors (Lipinski definition) is 1. The van der Waals surface area contributed by atoms with Gasteiger partial charge in [-0.25, -0.2) is 9.67 Å². The quantitative estimate of drug-likeness (QED) is 0.470. The SMILES string of the molecule is COC1C(n2cc(-c3nccs3)nn2)[C@@H](OC)C(C(C)O)O[C@@H]1Sc1cc(Br)ccc1C#N. The summed E-state index contributed by atoms with van der Waals surface area (Å²) in [5.74, 6) is 0. The fraction of sp³-hybridized carbons (Fsp3) is 0.429. The molecule has 1 N–H and O–H groups in total. The number of aliphatic hydroxyl groups excluding tert-OH is 1. The van der Waals surface area contributed by atoms with Crippen LogP contribution in [0, 0.1) is 11.3 Å². The number of nitrogens with zero attached hydrogens (tertiary/aromatic N) is 5. The largest absolute Gasteiger partial charge is 0.391 e. The van der Waals surface area contributed by atoms with Gasteiger partial charge in [0.1, 0.15) is 46.6 Å². The van der Waals surface area contributed by atoms with Gasteiger partial charge >= 0.3 is 0 Å². The van der Waals surface area contributed by atoms with Gasteiger partial charge in [0.25, 0.3) is 0 Å². The maximum absolute atomic E-state index is 10.5. The second kappa shape index (κ2) is 10.6. The van der Waals surface area contributed by atoms with Gasteiger partial charge in [-0.1, -0.05) is 32.9 Å². The molecule has 1 fully saturated rings. The fourth-order valence-corrected chi connectivity index (χ4v) is 6.22. The number of aliphatic hydroxyl groups is 1. The molecular formula is C21H22BrN5O4S2. The molecule has 9 nitrogen and oxygen atoms in total. The minimum absolute atomic E-state index is 0.454. The number of ether oxygens (including phenoxy) is 3. The first kappa shape index (κ1) is 24.3. The lowest BCUT2D eigenvalue weighted by atomic mass is 9.94. The number of methoxy groups -OCH3 is 2. The molecule has 0 bridgehead atoms. The molecule has 4 unspecified atom stereocenters. The van der Waals surface area contributed by atoms with Crippen LogP contribution in [0.5, 0.6) is 0 Å². The zero-order valence-electron chi connectivity index (χ0n) is 18.0. The van der Waals surface area contributed by atoms with Crippen LogP contribution in [0.3, 0.4) is 0 Å². The molecule has 1 saturated heterocycles. The van der Waals surface area contributed by atoms with E-state index in [4.69, 9.17) is 14.2 Å². The smallest absolute Gasteiger partial charge is 0.145 e. The number of thiazole rings is 1. The van der Waals surface area contributed by atoms with E-state index >= 15 is 0 Å². The minimum atomic E-state index is -0.821. The summed E-state index contributed by atoms with van der Waals surface area (Å²) in [4.78, 5) is 5.04. The maximum atomic E-state index is 10.5. The van der Waals surface area contributed by atoms with Gasteiger partial charge in [-0.3, -0.25) is 0 Å². The highest BCUT2D eigenvalue weighted by molar-refractivity contribution is 9.10. The number of benzene rings is 1. The third kappa shape index (κ3) is 5.00. The second-order valence-electron chi connectivity index (χ2n) is 7.39. The molecule has 2 aromatic heterocycles. The molecule has 0 aliphatic carbocycles. The molecule has 0 amide bonds. The van der Waals surface area contributed by atoms with Gasteiger partial charge in [-0.05, 0) is 25.1 Å². The zero-order chi connectivity index (χ0) is 23.5. The van der Waals surface area contributed by atoms with Crippen molar-refractivity contribution in [1.29, 1.82) is 5.26 Å². The van der Waals surface area contributed by atoms with Crippen molar-refractivity contribution in [2.75, 3.05) is 14.2 Å². The maximum Gasteiger partial charge on any atom is 0.145 e. The van der Waals surface area contributed by atoms with Crippen LogP contribution in [0.4, 0.5) is 0 Å². The Balaban J connectivity index is 1.73. The Morgan fingerprint density at radius 1 is 1.33 bits per heavy atom. The highest BCUT2D eigenvalue weighted by atomic mass is 79.9. The van der Waals surface area contributed by atoms with E-state index in [9.17, 15) is 10.4 Å². The van der Waals surface area contributed by atoms with Gasteiger partial charge in [0.15, 0.2) is 0 Å². The average molecular weight is 552 g/mol. The third-order valence-electron chi connectivity index (χ3n) is 5.35. The van der Waals surface area contributed by atoms with Crippen LogP contribution in [-0.4, -0.2) is 69.2 Å². The number of hydrogen-bond acceptors (Lipinski definition) is 10. The van der Waals surface area contributed by atoms with E-state index in [2.05, 4.69) is 37.3 Å². The van der Waals surface area contributed by atoms with Crippen molar-refractivity contribution < 1.29 is 19.3 Å². The molecular weight excluding hydrogens is 530 g/mol. The van der Waals surface area contributed by atoms with Crippen LogP contribution in [0.2, 0.25) is 0 Å². The van der Waals surface area contributed by atoms with E-state index in [1.54, 1.807) is 44.3 Å². The summed E-state index contributed by atoms with van der Waals surface area (Å²) in [6.07, 6.45) is 0.951. The van der Waals surface area contributed by atoms with E-state index in [1.165, 1.54) is 23.1 Å². The van der Waals surface area contributed by atoms with Crippen molar-refractivity contribution in [1.82, 2.24) is 20.0 Å². The number of thioether (sulfide) groups is 1. The predicted molar refractivity (Wildman–Crippen MR) is 127 cm³/mol. The molecule has 1 aliphatic rings. The molecule has 6 atom stereocenters. The first-order chi connectivity index (χ1) is 16.0. The van der Waals surface area contributed by atoms with Crippen molar-refractivity contribution in [2.45, 2.75) is 47.7 Å². The lowest BCUT2D eigenvalue weighted by molar-refractivity contribution is -0.208. The van der Waals surface area contributed by atoms with Crippen LogP contribution in [0.15, 0.2) is 45.3 Å². The summed E-state index contributed by atoms with van der Waals surface area (Å²) < 4.78 is 20.5. The van der Waals surface area contributed by atoms with Crippen LogP contribution in [0.1, 0.15) is 18.5 Å². The van der Waals surface area contributed by atoms with Crippen LogP contribution >= 0.6 is 39.0 Å². The van der Waals surface area contributed by atoms with Crippen LogP contribution in [-0.2, 0) is 14.2 Å². The second-order valence-corrected chi connectivity index (χ2v) is 10.3. The molecule has 3 heterocycles. The third-order valence-corrected chi connectivity index (χ3v) is 7.84. The molecule has 0 saturated carbocycles. The summed E-state index contributed by atoms with van der Waals surface area (Å²) in [7, 11) is 3.16. The van der Waals surface area contributed by atoms with Crippen molar-refractivity contribution in [2.24, 2.45) is 0 Å². The average Bonchev–Trinajstić information content (AvgIpc) is 3.50. The van der Waals surface area contributed by atoms with E-state index in [1.807, 2.05) is 17.5 Å². The van der Waals surface area contributed by atoms with E-state index in [-0.39, 0.29) is 0 Å². The Labute approximate surface area is 207 Å². The van der Waals surface area contributed by atoms with Gasteiger partial charge in [-0.15, -0.1) is 16.4 Å². The monoisotopic (exact) mass is 551 g/mol. The Morgan fingerprint density at radius 2 is 2.12 bits per heavy atom. The number of rotatable bonds is 7. The van der Waals surface area contributed by atoms with Gasteiger partial charge in [0.05, 0.1) is 17.9 Å². The summed E-state index contributed by atoms with van der Waals surface area (Å²) in [6.45, 7) is 1.66. The molecule has 33 heavy (non-hydrogen) atoms. The molecule has 0 radical (unpaired) electrons. The van der Waals surface area contributed by atoms with Gasteiger partial charge < -0.3 is 19.3 Å². The summed E-state index contributed by atoms with van der Waals surface area (Å²) in [5, 5.41) is 31.3. The topological polar surface area (TPSA) is 115 Å². The first-order valence-corrected chi connectivity index (χ1v) is 12.6. The summed E-state index contributed by atoms with van der Waals surface area (Å²) in [6, 6.07) is 7.19. The number of halogens is 1. The Kier molecular flexibility index (Phi) is 7.80. The summed E-state index contributed by atoms with van der Waals surface area (Å²) in [5.41, 5.74) is 0.602.